The summed E-state index contributed by atoms with van der Waals surface area (Å²) in [7, 11) is 0. The molecule has 1 nitrogen and oxygen atoms in total. The number of benzene rings is 2. The molecular weight excluding hydrogens is 238 g/mol. The van der Waals surface area contributed by atoms with Gasteiger partial charge in [-0.1, -0.05) is 25.1 Å². The summed E-state index contributed by atoms with van der Waals surface area (Å²) >= 11 is 1.78. The van der Waals surface area contributed by atoms with E-state index < -0.39 is 0 Å². The van der Waals surface area contributed by atoms with Crippen molar-refractivity contribution in [1.29, 1.82) is 0 Å². The fourth-order valence-corrected chi connectivity index (χ4v) is 2.92. The molecule has 0 amide bonds. The highest BCUT2D eigenvalue weighted by molar-refractivity contribution is 7.17. The number of hydrogen-bond donors (Lipinski definition) is 1. The average Bonchev–Trinajstić information content (AvgIpc) is 2.87. The van der Waals surface area contributed by atoms with E-state index in [0.29, 0.717) is 0 Å². The van der Waals surface area contributed by atoms with Crippen LogP contribution in [-0.4, -0.2) is 0 Å². The maximum absolute atomic E-state index is 3.51. The maximum atomic E-state index is 3.51. The highest BCUT2D eigenvalue weighted by Crippen LogP contribution is 2.27. The average molecular weight is 253 g/mol. The van der Waals surface area contributed by atoms with Gasteiger partial charge in [0.25, 0.3) is 0 Å². The summed E-state index contributed by atoms with van der Waals surface area (Å²) in [4.78, 5) is 0. The van der Waals surface area contributed by atoms with Crippen LogP contribution in [0.15, 0.2) is 53.9 Å². The third-order valence-corrected chi connectivity index (χ3v) is 4.03. The zero-order valence-electron chi connectivity index (χ0n) is 10.3. The van der Waals surface area contributed by atoms with Crippen LogP contribution in [0.3, 0.4) is 0 Å². The van der Waals surface area contributed by atoms with Gasteiger partial charge in [-0.15, -0.1) is 11.3 Å². The number of aryl methyl sites for hydroxylation is 1. The van der Waals surface area contributed by atoms with Crippen molar-refractivity contribution < 1.29 is 0 Å². The molecule has 0 fully saturated rings. The quantitative estimate of drug-likeness (QED) is 0.676. The molecule has 0 aliphatic carbocycles. The second-order valence-corrected chi connectivity index (χ2v) is 5.26. The van der Waals surface area contributed by atoms with E-state index in [2.05, 4.69) is 66.2 Å². The molecule has 0 bridgehead atoms. The van der Waals surface area contributed by atoms with E-state index in [1.54, 1.807) is 11.3 Å². The minimum Gasteiger partial charge on any atom is -0.355 e. The molecule has 3 aromatic rings. The standard InChI is InChI=1S/C16H15NS/c1-2-12-5-3-4-6-15(12)17-14-7-8-16-13(11-14)9-10-18-16/h3-11,17H,2H2,1H3. The Morgan fingerprint density at radius 1 is 1.06 bits per heavy atom. The van der Waals surface area contributed by atoms with Crippen LogP contribution < -0.4 is 5.32 Å². The zero-order valence-corrected chi connectivity index (χ0v) is 11.1. The number of thiophene rings is 1. The van der Waals surface area contributed by atoms with Gasteiger partial charge in [-0.05, 0) is 53.1 Å². The van der Waals surface area contributed by atoms with Crippen LogP contribution in [0.4, 0.5) is 11.4 Å². The highest BCUT2D eigenvalue weighted by Gasteiger charge is 2.01. The van der Waals surface area contributed by atoms with Gasteiger partial charge in [0.1, 0.15) is 0 Å². The summed E-state index contributed by atoms with van der Waals surface area (Å²) in [6, 6.07) is 17.2. The van der Waals surface area contributed by atoms with Gasteiger partial charge < -0.3 is 5.32 Å². The van der Waals surface area contributed by atoms with Gasteiger partial charge in [-0.25, -0.2) is 0 Å². The normalized spacial score (nSPS) is 10.7. The van der Waals surface area contributed by atoms with Crippen molar-refractivity contribution in [2.45, 2.75) is 13.3 Å². The van der Waals surface area contributed by atoms with Crippen LogP contribution in [0.5, 0.6) is 0 Å². The Labute approximate surface area is 111 Å². The summed E-state index contributed by atoms with van der Waals surface area (Å²) in [6.07, 6.45) is 1.05. The molecule has 18 heavy (non-hydrogen) atoms. The number of rotatable bonds is 3. The van der Waals surface area contributed by atoms with Gasteiger partial charge in [0, 0.05) is 16.1 Å². The molecule has 0 saturated heterocycles. The van der Waals surface area contributed by atoms with Crippen molar-refractivity contribution >= 4 is 32.8 Å². The van der Waals surface area contributed by atoms with Crippen molar-refractivity contribution in [2.24, 2.45) is 0 Å². The van der Waals surface area contributed by atoms with Gasteiger partial charge in [0.2, 0.25) is 0 Å². The second kappa shape index (κ2) is 4.83. The molecule has 3 rings (SSSR count). The Morgan fingerprint density at radius 3 is 2.83 bits per heavy atom. The molecule has 0 aliphatic heterocycles. The fraction of sp³-hybridized carbons (Fsp3) is 0.125. The third kappa shape index (κ3) is 2.12. The Hall–Kier alpha value is -1.80. The van der Waals surface area contributed by atoms with Gasteiger partial charge >= 0.3 is 0 Å². The first-order valence-electron chi connectivity index (χ1n) is 6.19. The van der Waals surface area contributed by atoms with Gasteiger partial charge in [0.15, 0.2) is 0 Å². The smallest absolute Gasteiger partial charge is 0.0416 e. The highest BCUT2D eigenvalue weighted by atomic mass is 32.1. The largest absolute Gasteiger partial charge is 0.355 e. The molecule has 0 atom stereocenters. The summed E-state index contributed by atoms with van der Waals surface area (Å²) in [6.45, 7) is 2.18. The van der Waals surface area contributed by atoms with Gasteiger partial charge in [0.05, 0.1) is 0 Å². The third-order valence-electron chi connectivity index (χ3n) is 3.13. The van der Waals surface area contributed by atoms with Crippen LogP contribution in [-0.2, 0) is 6.42 Å². The minimum absolute atomic E-state index is 1.05. The number of nitrogens with one attached hydrogen (secondary N) is 1. The summed E-state index contributed by atoms with van der Waals surface area (Å²) in [5, 5.41) is 6.95. The van der Waals surface area contributed by atoms with Crippen molar-refractivity contribution in [1.82, 2.24) is 0 Å². The lowest BCUT2D eigenvalue weighted by molar-refractivity contribution is 1.14. The van der Waals surface area contributed by atoms with Crippen LogP contribution in [0.2, 0.25) is 0 Å². The lowest BCUT2D eigenvalue weighted by atomic mass is 10.1. The van der Waals surface area contributed by atoms with Crippen LogP contribution in [0.25, 0.3) is 10.1 Å². The molecule has 1 heterocycles. The van der Waals surface area contributed by atoms with Gasteiger partial charge in [-0.3, -0.25) is 0 Å². The van der Waals surface area contributed by atoms with Crippen molar-refractivity contribution in [2.75, 3.05) is 5.32 Å². The Morgan fingerprint density at radius 2 is 1.94 bits per heavy atom. The summed E-state index contributed by atoms with van der Waals surface area (Å²) in [5.41, 5.74) is 3.71. The minimum atomic E-state index is 1.05. The second-order valence-electron chi connectivity index (χ2n) is 4.31. The Bertz CT molecular complexity index is 669. The molecule has 2 aromatic carbocycles. The monoisotopic (exact) mass is 253 g/mol. The first-order valence-corrected chi connectivity index (χ1v) is 7.07. The molecule has 0 aliphatic rings. The van der Waals surface area contributed by atoms with Crippen LogP contribution >= 0.6 is 11.3 Å². The van der Waals surface area contributed by atoms with Crippen molar-refractivity contribution in [3.8, 4) is 0 Å². The van der Waals surface area contributed by atoms with E-state index in [0.717, 1.165) is 12.1 Å². The summed E-state index contributed by atoms with van der Waals surface area (Å²) < 4.78 is 1.34. The van der Waals surface area contributed by atoms with Crippen LogP contribution in [0, 0.1) is 0 Å². The molecule has 0 saturated carbocycles. The van der Waals surface area contributed by atoms with Gasteiger partial charge in [-0.2, -0.15) is 0 Å². The molecule has 1 aromatic heterocycles. The predicted molar refractivity (Wildman–Crippen MR) is 80.9 cm³/mol. The van der Waals surface area contributed by atoms with E-state index in [9.17, 15) is 0 Å². The molecule has 0 radical (unpaired) electrons. The van der Waals surface area contributed by atoms with E-state index >= 15 is 0 Å². The SMILES string of the molecule is CCc1ccccc1Nc1ccc2sccc2c1. The molecule has 0 unspecified atom stereocenters. The number of hydrogen-bond acceptors (Lipinski definition) is 2. The molecular formula is C16H15NS. The lowest BCUT2D eigenvalue weighted by Gasteiger charge is -2.10. The molecule has 0 spiro atoms. The van der Waals surface area contributed by atoms with E-state index in [1.807, 2.05) is 0 Å². The number of para-hydroxylation sites is 1. The summed E-state index contributed by atoms with van der Waals surface area (Å²) in [5.74, 6) is 0. The van der Waals surface area contributed by atoms with Crippen molar-refractivity contribution in [3.63, 3.8) is 0 Å². The predicted octanol–water partition coefficient (Wildman–Crippen LogP) is 5.21. The maximum Gasteiger partial charge on any atom is 0.0416 e. The topological polar surface area (TPSA) is 12.0 Å². The zero-order chi connectivity index (χ0) is 12.4. The lowest BCUT2D eigenvalue weighted by Crippen LogP contribution is -1.94. The van der Waals surface area contributed by atoms with Crippen LogP contribution in [0.1, 0.15) is 12.5 Å². The number of fused-ring (bicyclic) bond motifs is 1. The van der Waals surface area contributed by atoms with E-state index in [1.165, 1.54) is 21.3 Å². The Balaban J connectivity index is 1.95. The molecule has 90 valence electrons. The molecule has 1 N–H and O–H groups in total. The fourth-order valence-electron chi connectivity index (χ4n) is 2.15. The van der Waals surface area contributed by atoms with Crippen molar-refractivity contribution in [3.05, 3.63) is 59.5 Å². The van der Waals surface area contributed by atoms with E-state index in [4.69, 9.17) is 0 Å². The number of anilines is 2. The first-order chi connectivity index (χ1) is 8.86. The molecule has 2 heteroatoms. The first kappa shape index (κ1) is 11.3. The Kier molecular flexibility index (Phi) is 3.03. The van der Waals surface area contributed by atoms with E-state index in [-0.39, 0.29) is 0 Å².